The van der Waals surface area contributed by atoms with Crippen LogP contribution in [0.3, 0.4) is 0 Å². The van der Waals surface area contributed by atoms with E-state index in [2.05, 4.69) is 20.9 Å². The minimum atomic E-state index is -0.654. The molecular formula is C28H27BrN2O6S. The van der Waals surface area contributed by atoms with Gasteiger partial charge in [-0.3, -0.25) is 9.36 Å². The number of carbonyl (C=O) groups excluding carboxylic acids is 2. The van der Waals surface area contributed by atoms with E-state index in [1.165, 1.54) is 11.3 Å². The van der Waals surface area contributed by atoms with Crippen LogP contribution < -0.4 is 19.6 Å². The number of aryl methyl sites for hydroxylation is 1. The van der Waals surface area contributed by atoms with Crippen LogP contribution in [-0.2, 0) is 19.1 Å². The molecule has 0 unspecified atom stereocenters. The summed E-state index contributed by atoms with van der Waals surface area (Å²) in [5.74, 6) is -0.466. The predicted octanol–water partition coefficient (Wildman–Crippen LogP) is 3.81. The molecule has 1 aliphatic heterocycles. The highest BCUT2D eigenvalue weighted by Crippen LogP contribution is 2.31. The summed E-state index contributed by atoms with van der Waals surface area (Å²) in [6.07, 6.45) is 1.76. The van der Waals surface area contributed by atoms with Gasteiger partial charge in [0.05, 0.1) is 39.5 Å². The molecule has 0 saturated heterocycles. The van der Waals surface area contributed by atoms with E-state index in [0.29, 0.717) is 30.8 Å². The number of benzene rings is 2. The van der Waals surface area contributed by atoms with Crippen LogP contribution in [-0.4, -0.2) is 36.3 Å². The van der Waals surface area contributed by atoms with Crippen molar-refractivity contribution in [3.8, 4) is 5.75 Å². The Morgan fingerprint density at radius 2 is 1.79 bits per heavy atom. The Bertz CT molecular complexity index is 1590. The standard InChI is InChI=1S/C28H27BrN2O6S/c1-5-35-23(32)15-37-21-12-9-18(13-20(21)29)14-22-26(33)31-25(19-10-7-16(3)8-11-19)24(27(34)36-6-2)17(4)30-28(31)38-22/h7-14,25H,5-6,15H2,1-4H3/b22-14+/t25-/m0/s1. The quantitative estimate of drug-likeness (QED) is 0.366. The third kappa shape index (κ3) is 5.81. The molecular weight excluding hydrogens is 572 g/mol. The molecule has 0 fully saturated rings. The van der Waals surface area contributed by atoms with Gasteiger partial charge in [-0.25, -0.2) is 14.6 Å². The number of fused-ring (bicyclic) bond motifs is 1. The second-order valence-electron chi connectivity index (χ2n) is 8.50. The first kappa shape index (κ1) is 27.5. The number of hydrogen-bond acceptors (Lipinski definition) is 8. The smallest absolute Gasteiger partial charge is 0.344 e. The largest absolute Gasteiger partial charge is 0.481 e. The lowest BCUT2D eigenvalue weighted by Crippen LogP contribution is -2.39. The zero-order chi connectivity index (χ0) is 27.4. The van der Waals surface area contributed by atoms with Crippen LogP contribution in [0, 0.1) is 6.92 Å². The highest BCUT2D eigenvalue weighted by atomic mass is 79.9. The Labute approximate surface area is 232 Å². The molecule has 0 spiro atoms. The highest BCUT2D eigenvalue weighted by Gasteiger charge is 2.33. The molecule has 0 amide bonds. The number of rotatable bonds is 8. The summed E-state index contributed by atoms with van der Waals surface area (Å²) in [6, 6.07) is 12.4. The van der Waals surface area contributed by atoms with Gasteiger partial charge in [0.15, 0.2) is 11.4 Å². The number of esters is 2. The SMILES string of the molecule is CCOC(=O)COc1ccc(/C=c2/sc3n(c2=O)[C@@H](c2ccc(C)cc2)C(C(=O)OCC)=C(C)N=3)cc1Br. The van der Waals surface area contributed by atoms with Gasteiger partial charge in [-0.15, -0.1) is 0 Å². The van der Waals surface area contributed by atoms with Crippen molar-refractivity contribution < 1.29 is 23.8 Å². The molecule has 4 rings (SSSR count). The summed E-state index contributed by atoms with van der Waals surface area (Å²) in [7, 11) is 0. The Morgan fingerprint density at radius 3 is 2.45 bits per heavy atom. The average Bonchev–Trinajstić information content (AvgIpc) is 3.17. The van der Waals surface area contributed by atoms with E-state index in [4.69, 9.17) is 14.2 Å². The van der Waals surface area contributed by atoms with Gasteiger partial charge in [0.2, 0.25) is 0 Å². The molecule has 10 heteroatoms. The Hall–Kier alpha value is -3.50. The number of thiazole rings is 1. The molecule has 38 heavy (non-hydrogen) atoms. The molecule has 0 saturated carbocycles. The van der Waals surface area contributed by atoms with Crippen LogP contribution in [0.1, 0.15) is 43.5 Å². The number of ether oxygens (including phenoxy) is 3. The van der Waals surface area contributed by atoms with Crippen LogP contribution in [0.15, 0.2) is 68.0 Å². The van der Waals surface area contributed by atoms with Crippen molar-refractivity contribution in [2.75, 3.05) is 19.8 Å². The molecule has 1 aliphatic rings. The Balaban J connectivity index is 1.76. The fourth-order valence-electron chi connectivity index (χ4n) is 4.07. The van der Waals surface area contributed by atoms with Crippen LogP contribution in [0.5, 0.6) is 5.75 Å². The minimum Gasteiger partial charge on any atom is -0.481 e. The fourth-order valence-corrected chi connectivity index (χ4v) is 5.63. The first-order chi connectivity index (χ1) is 18.2. The van der Waals surface area contributed by atoms with Gasteiger partial charge in [0.1, 0.15) is 5.75 Å². The van der Waals surface area contributed by atoms with Gasteiger partial charge in [-0.2, -0.15) is 0 Å². The molecule has 3 aromatic rings. The molecule has 198 valence electrons. The van der Waals surface area contributed by atoms with Gasteiger partial charge in [0.25, 0.3) is 5.56 Å². The lowest BCUT2D eigenvalue weighted by Gasteiger charge is -2.24. The molecule has 2 aromatic carbocycles. The van der Waals surface area contributed by atoms with E-state index in [9.17, 15) is 14.4 Å². The summed E-state index contributed by atoms with van der Waals surface area (Å²) in [5.41, 5.74) is 3.23. The van der Waals surface area contributed by atoms with Crippen LogP contribution >= 0.6 is 27.3 Å². The van der Waals surface area contributed by atoms with Crippen LogP contribution in [0.2, 0.25) is 0 Å². The van der Waals surface area contributed by atoms with Gasteiger partial charge in [-0.05, 0) is 73.0 Å². The maximum absolute atomic E-state index is 13.7. The number of hydrogen-bond donors (Lipinski definition) is 0. The predicted molar refractivity (Wildman–Crippen MR) is 148 cm³/mol. The monoisotopic (exact) mass is 598 g/mol. The fraction of sp³-hybridized carbons (Fsp3) is 0.286. The van der Waals surface area contributed by atoms with Crippen molar-refractivity contribution in [2.45, 2.75) is 33.7 Å². The molecule has 0 aliphatic carbocycles. The second-order valence-corrected chi connectivity index (χ2v) is 10.4. The van der Waals surface area contributed by atoms with Gasteiger partial charge >= 0.3 is 11.9 Å². The average molecular weight is 600 g/mol. The number of allylic oxidation sites excluding steroid dienone is 1. The summed E-state index contributed by atoms with van der Waals surface area (Å²) >= 11 is 4.72. The zero-order valence-electron chi connectivity index (χ0n) is 21.4. The van der Waals surface area contributed by atoms with E-state index in [1.54, 1.807) is 49.6 Å². The molecule has 8 nitrogen and oxygen atoms in total. The summed E-state index contributed by atoms with van der Waals surface area (Å²) in [5, 5.41) is 0. The summed E-state index contributed by atoms with van der Waals surface area (Å²) in [4.78, 5) is 43.4. The zero-order valence-corrected chi connectivity index (χ0v) is 23.9. The van der Waals surface area contributed by atoms with E-state index >= 15 is 0 Å². The number of aromatic nitrogens is 1. The minimum absolute atomic E-state index is 0.203. The van der Waals surface area contributed by atoms with Crippen molar-refractivity contribution in [3.63, 3.8) is 0 Å². The first-order valence-electron chi connectivity index (χ1n) is 12.1. The lowest BCUT2D eigenvalue weighted by molar-refractivity contribution is -0.145. The highest BCUT2D eigenvalue weighted by molar-refractivity contribution is 9.10. The number of nitrogens with zero attached hydrogens (tertiary/aromatic N) is 2. The van der Waals surface area contributed by atoms with E-state index < -0.39 is 18.0 Å². The third-order valence-corrected chi connectivity index (χ3v) is 7.42. The Morgan fingerprint density at radius 1 is 1.08 bits per heavy atom. The van der Waals surface area contributed by atoms with Gasteiger partial charge < -0.3 is 14.2 Å². The van der Waals surface area contributed by atoms with Crippen molar-refractivity contribution >= 4 is 45.3 Å². The molecule has 0 radical (unpaired) electrons. The molecule has 0 bridgehead atoms. The number of halogens is 1. The van der Waals surface area contributed by atoms with Crippen molar-refractivity contribution in [2.24, 2.45) is 4.99 Å². The van der Waals surface area contributed by atoms with Gasteiger partial charge in [0, 0.05) is 0 Å². The normalized spacial score (nSPS) is 15.1. The number of carbonyl (C=O) groups is 2. The Kier molecular flexibility index (Phi) is 8.63. The van der Waals surface area contributed by atoms with Gasteiger partial charge in [-0.1, -0.05) is 47.2 Å². The third-order valence-electron chi connectivity index (χ3n) is 5.81. The molecule has 0 N–H and O–H groups in total. The topological polar surface area (TPSA) is 96.2 Å². The lowest BCUT2D eigenvalue weighted by atomic mass is 9.95. The van der Waals surface area contributed by atoms with E-state index in [1.807, 2.05) is 31.2 Å². The first-order valence-corrected chi connectivity index (χ1v) is 13.7. The van der Waals surface area contributed by atoms with Crippen molar-refractivity contribution in [1.29, 1.82) is 0 Å². The van der Waals surface area contributed by atoms with E-state index in [0.717, 1.165) is 16.7 Å². The molecule has 1 aromatic heterocycles. The molecule has 2 heterocycles. The van der Waals surface area contributed by atoms with Crippen LogP contribution in [0.25, 0.3) is 6.08 Å². The van der Waals surface area contributed by atoms with Crippen molar-refractivity contribution in [3.05, 3.63) is 94.6 Å². The summed E-state index contributed by atoms with van der Waals surface area (Å²) < 4.78 is 18.4. The van der Waals surface area contributed by atoms with Crippen LogP contribution in [0.4, 0.5) is 0 Å². The second kappa shape index (κ2) is 11.9. The van der Waals surface area contributed by atoms with E-state index in [-0.39, 0.29) is 25.4 Å². The van der Waals surface area contributed by atoms with Crippen molar-refractivity contribution in [1.82, 2.24) is 4.57 Å². The summed E-state index contributed by atoms with van der Waals surface area (Å²) in [6.45, 7) is 7.51. The molecule has 1 atom stereocenters. The maximum Gasteiger partial charge on any atom is 0.344 e. The maximum atomic E-state index is 13.7.